The molecule has 5 nitrogen and oxygen atoms in total. The summed E-state index contributed by atoms with van der Waals surface area (Å²) in [6.07, 6.45) is 0.925. The summed E-state index contributed by atoms with van der Waals surface area (Å²) >= 11 is 0. The molecule has 0 bridgehead atoms. The van der Waals surface area contributed by atoms with E-state index < -0.39 is 32.7 Å². The highest BCUT2D eigenvalue weighted by Gasteiger charge is 2.30. The first-order valence-electron chi connectivity index (χ1n) is 9.31. The number of carbonyl (C=O) groups is 1. The normalized spacial score (nSPS) is 13.9. The summed E-state index contributed by atoms with van der Waals surface area (Å²) in [5, 5.41) is 2.84. The highest BCUT2D eigenvalue weighted by atomic mass is 32.2. The van der Waals surface area contributed by atoms with Crippen LogP contribution >= 0.6 is 0 Å². The van der Waals surface area contributed by atoms with Crippen LogP contribution in [-0.2, 0) is 21.2 Å². The van der Waals surface area contributed by atoms with Gasteiger partial charge in [0.05, 0.1) is 6.04 Å². The van der Waals surface area contributed by atoms with Gasteiger partial charge in [0.15, 0.2) is 0 Å². The number of carbonyl (C=O) groups excluding carboxylic acids is 1. The maximum Gasteiger partial charge on any atom is 0.244 e. The van der Waals surface area contributed by atoms with Crippen molar-refractivity contribution in [3.63, 3.8) is 0 Å². The average molecular weight is 407 g/mol. The molecule has 0 heterocycles. The van der Waals surface area contributed by atoms with Gasteiger partial charge in [-0.25, -0.2) is 12.8 Å². The third kappa shape index (κ3) is 5.39. The number of hydrogen-bond donors (Lipinski definition) is 2. The van der Waals surface area contributed by atoms with Gasteiger partial charge in [0.25, 0.3) is 0 Å². The van der Waals surface area contributed by atoms with Crippen LogP contribution in [0.15, 0.2) is 53.4 Å². The molecule has 2 aromatic carbocycles. The zero-order valence-corrected chi connectivity index (χ0v) is 17.4. The Kier molecular flexibility index (Phi) is 7.32. The first-order chi connectivity index (χ1) is 13.2. The molecule has 0 aromatic heterocycles. The van der Waals surface area contributed by atoms with Crippen LogP contribution in [0.2, 0.25) is 0 Å². The highest BCUT2D eigenvalue weighted by Crippen LogP contribution is 2.17. The summed E-state index contributed by atoms with van der Waals surface area (Å²) in [4.78, 5) is 12.3. The fraction of sp³-hybridized carbons (Fsp3) is 0.381. The van der Waals surface area contributed by atoms with Gasteiger partial charge >= 0.3 is 0 Å². The summed E-state index contributed by atoms with van der Waals surface area (Å²) in [7, 11) is -4.18. The molecular weight excluding hydrogens is 379 g/mol. The molecule has 0 aliphatic heterocycles. The second-order valence-electron chi connectivity index (χ2n) is 7.10. The number of aryl methyl sites for hydroxylation is 1. The fourth-order valence-electron chi connectivity index (χ4n) is 2.81. The SMILES string of the molecule is CCc1ccc(C(C)NC(=O)C(NS(=O)(=O)c2ccccc2F)C(C)C)cc1. The monoisotopic (exact) mass is 406 g/mol. The van der Waals surface area contributed by atoms with Gasteiger partial charge in [-0.3, -0.25) is 4.79 Å². The van der Waals surface area contributed by atoms with E-state index >= 15 is 0 Å². The van der Waals surface area contributed by atoms with Crippen molar-refractivity contribution in [1.82, 2.24) is 10.0 Å². The van der Waals surface area contributed by atoms with Gasteiger partial charge < -0.3 is 5.32 Å². The van der Waals surface area contributed by atoms with Crippen molar-refractivity contribution < 1.29 is 17.6 Å². The minimum absolute atomic E-state index is 0.294. The molecule has 0 saturated heterocycles. The lowest BCUT2D eigenvalue weighted by Crippen LogP contribution is -2.50. The van der Waals surface area contributed by atoms with Gasteiger partial charge in [0, 0.05) is 0 Å². The zero-order valence-electron chi connectivity index (χ0n) is 16.6. The molecule has 0 spiro atoms. The Morgan fingerprint density at radius 1 is 1.04 bits per heavy atom. The zero-order chi connectivity index (χ0) is 20.9. The molecule has 7 heteroatoms. The Bertz CT molecular complexity index is 912. The third-order valence-corrected chi connectivity index (χ3v) is 6.08. The topological polar surface area (TPSA) is 75.3 Å². The molecule has 2 N–H and O–H groups in total. The number of benzene rings is 2. The van der Waals surface area contributed by atoms with Crippen molar-refractivity contribution in [2.24, 2.45) is 5.92 Å². The van der Waals surface area contributed by atoms with E-state index in [-0.39, 0.29) is 12.0 Å². The number of hydrogen-bond acceptors (Lipinski definition) is 3. The van der Waals surface area contributed by atoms with Gasteiger partial charge in [-0.2, -0.15) is 4.72 Å². The average Bonchev–Trinajstić information content (AvgIpc) is 2.66. The van der Waals surface area contributed by atoms with E-state index in [0.717, 1.165) is 18.1 Å². The van der Waals surface area contributed by atoms with Crippen molar-refractivity contribution in [2.45, 2.75) is 51.1 Å². The van der Waals surface area contributed by atoms with Gasteiger partial charge in [-0.15, -0.1) is 0 Å². The van der Waals surface area contributed by atoms with Gasteiger partial charge in [-0.05, 0) is 42.5 Å². The number of amides is 1. The number of nitrogens with one attached hydrogen (secondary N) is 2. The van der Waals surface area contributed by atoms with Crippen molar-refractivity contribution >= 4 is 15.9 Å². The molecule has 0 aliphatic rings. The first-order valence-corrected chi connectivity index (χ1v) is 10.8. The smallest absolute Gasteiger partial charge is 0.244 e. The van der Waals surface area contributed by atoms with E-state index in [1.54, 1.807) is 13.8 Å². The van der Waals surface area contributed by atoms with E-state index in [2.05, 4.69) is 17.0 Å². The summed E-state index contributed by atoms with van der Waals surface area (Å²) in [6, 6.07) is 11.6. The Hall–Kier alpha value is -2.25. The van der Waals surface area contributed by atoms with Crippen LogP contribution in [0.1, 0.15) is 44.9 Å². The van der Waals surface area contributed by atoms with E-state index in [1.807, 2.05) is 31.2 Å². The highest BCUT2D eigenvalue weighted by molar-refractivity contribution is 7.89. The Morgan fingerprint density at radius 3 is 2.18 bits per heavy atom. The van der Waals surface area contributed by atoms with Gasteiger partial charge in [0.2, 0.25) is 15.9 Å². The van der Waals surface area contributed by atoms with Crippen molar-refractivity contribution in [3.05, 3.63) is 65.5 Å². The standard InChI is InChI=1S/C21H27FN2O3S/c1-5-16-10-12-17(13-11-16)15(4)23-21(25)20(14(2)3)24-28(26,27)19-9-7-6-8-18(19)22/h6-15,20,24H,5H2,1-4H3,(H,23,25). The summed E-state index contributed by atoms with van der Waals surface area (Å²) < 4.78 is 41.4. The van der Waals surface area contributed by atoms with Gasteiger partial charge in [0.1, 0.15) is 16.8 Å². The quantitative estimate of drug-likeness (QED) is 0.704. The lowest BCUT2D eigenvalue weighted by Gasteiger charge is -2.24. The molecule has 0 fully saturated rings. The van der Waals surface area contributed by atoms with E-state index in [4.69, 9.17) is 0 Å². The predicted molar refractivity (Wildman–Crippen MR) is 108 cm³/mol. The maximum atomic E-state index is 13.9. The molecular formula is C21H27FN2O3S. The fourth-order valence-corrected chi connectivity index (χ4v) is 4.24. The van der Waals surface area contributed by atoms with Gasteiger partial charge in [-0.1, -0.05) is 57.2 Å². The van der Waals surface area contributed by atoms with Crippen LogP contribution in [-0.4, -0.2) is 20.4 Å². The summed E-state index contributed by atoms with van der Waals surface area (Å²) in [5.41, 5.74) is 2.12. The van der Waals surface area contributed by atoms with Crippen molar-refractivity contribution in [3.8, 4) is 0 Å². The van der Waals surface area contributed by atoms with E-state index in [0.29, 0.717) is 0 Å². The number of rotatable bonds is 8. The maximum absolute atomic E-state index is 13.9. The van der Waals surface area contributed by atoms with E-state index in [9.17, 15) is 17.6 Å². The van der Waals surface area contributed by atoms with Crippen LogP contribution in [0.5, 0.6) is 0 Å². The second kappa shape index (κ2) is 9.30. The Labute approximate surface area is 166 Å². The molecule has 0 radical (unpaired) electrons. The predicted octanol–water partition coefficient (Wildman–Crippen LogP) is 3.57. The van der Waals surface area contributed by atoms with Crippen LogP contribution in [0.4, 0.5) is 4.39 Å². The first kappa shape index (κ1) is 22.0. The lowest BCUT2D eigenvalue weighted by atomic mass is 10.0. The molecule has 2 atom stereocenters. The minimum Gasteiger partial charge on any atom is -0.348 e. The second-order valence-corrected chi connectivity index (χ2v) is 8.78. The number of halogens is 1. The molecule has 0 aliphatic carbocycles. The summed E-state index contributed by atoms with van der Waals surface area (Å²) in [6.45, 7) is 7.36. The van der Waals surface area contributed by atoms with Crippen LogP contribution < -0.4 is 10.0 Å². The molecule has 152 valence electrons. The lowest BCUT2D eigenvalue weighted by molar-refractivity contribution is -0.124. The molecule has 28 heavy (non-hydrogen) atoms. The minimum atomic E-state index is -4.18. The van der Waals surface area contributed by atoms with Crippen LogP contribution in [0.25, 0.3) is 0 Å². The Balaban J connectivity index is 2.16. The summed E-state index contributed by atoms with van der Waals surface area (Å²) in [5.74, 6) is -1.64. The van der Waals surface area contributed by atoms with Crippen molar-refractivity contribution in [2.75, 3.05) is 0 Å². The van der Waals surface area contributed by atoms with Crippen LogP contribution in [0, 0.1) is 11.7 Å². The molecule has 2 rings (SSSR count). The van der Waals surface area contributed by atoms with Crippen LogP contribution in [0.3, 0.4) is 0 Å². The third-order valence-electron chi connectivity index (χ3n) is 4.60. The largest absolute Gasteiger partial charge is 0.348 e. The van der Waals surface area contributed by atoms with E-state index in [1.165, 1.54) is 23.8 Å². The Morgan fingerprint density at radius 2 is 1.64 bits per heavy atom. The number of sulfonamides is 1. The van der Waals surface area contributed by atoms with Crippen molar-refractivity contribution in [1.29, 1.82) is 0 Å². The molecule has 1 amide bonds. The molecule has 0 saturated carbocycles. The molecule has 2 aromatic rings. The molecule has 2 unspecified atom stereocenters.